The summed E-state index contributed by atoms with van der Waals surface area (Å²) in [5.41, 5.74) is 0. The van der Waals surface area contributed by atoms with Gasteiger partial charge in [0.25, 0.3) is 0 Å². The van der Waals surface area contributed by atoms with Gasteiger partial charge in [-0.3, -0.25) is 4.90 Å². The van der Waals surface area contributed by atoms with Crippen molar-refractivity contribution in [2.45, 2.75) is 38.8 Å². The normalized spacial score (nSPS) is 29.2. The number of rotatable bonds is 3. The monoisotopic (exact) mass is 157 g/mol. The lowest BCUT2D eigenvalue weighted by molar-refractivity contribution is 0.0749. The lowest BCUT2D eigenvalue weighted by atomic mass is 10.2. The third-order valence-electron chi connectivity index (χ3n) is 2.58. The first-order chi connectivity index (χ1) is 5.24. The summed E-state index contributed by atoms with van der Waals surface area (Å²) >= 11 is 0. The van der Waals surface area contributed by atoms with E-state index in [1.807, 2.05) is 0 Å². The Morgan fingerprint density at radius 1 is 1.64 bits per heavy atom. The van der Waals surface area contributed by atoms with E-state index in [9.17, 15) is 0 Å². The van der Waals surface area contributed by atoms with Crippen LogP contribution in [0.15, 0.2) is 0 Å². The molecule has 2 nitrogen and oxygen atoms in total. The number of methoxy groups -OCH3 is 1. The van der Waals surface area contributed by atoms with Crippen LogP contribution in [0, 0.1) is 0 Å². The molecule has 1 fully saturated rings. The second-order valence-electron chi connectivity index (χ2n) is 3.53. The molecular weight excluding hydrogens is 138 g/mol. The van der Waals surface area contributed by atoms with Gasteiger partial charge >= 0.3 is 0 Å². The molecule has 2 unspecified atom stereocenters. The van der Waals surface area contributed by atoms with Gasteiger partial charge < -0.3 is 4.74 Å². The maximum Gasteiger partial charge on any atom is 0.0670 e. The molecule has 1 saturated heterocycles. The first-order valence-corrected chi connectivity index (χ1v) is 4.51. The average Bonchev–Trinajstić information content (AvgIpc) is 2.37. The van der Waals surface area contributed by atoms with Crippen molar-refractivity contribution < 1.29 is 4.74 Å². The standard InChI is InChI=1S/C9H19NO/c1-8-5-4-6-10(8)7-9(2)11-3/h8-9H,4-7H2,1-3H3. The molecule has 0 aliphatic carbocycles. The Balaban J connectivity index is 2.24. The van der Waals surface area contributed by atoms with Gasteiger partial charge in [-0.05, 0) is 33.2 Å². The second kappa shape index (κ2) is 4.07. The third-order valence-corrected chi connectivity index (χ3v) is 2.58. The predicted octanol–water partition coefficient (Wildman–Crippen LogP) is 1.51. The highest BCUT2D eigenvalue weighted by Crippen LogP contribution is 2.16. The number of ether oxygens (including phenoxy) is 1. The first kappa shape index (κ1) is 9.01. The summed E-state index contributed by atoms with van der Waals surface area (Å²) in [6, 6.07) is 0.771. The third kappa shape index (κ3) is 2.46. The van der Waals surface area contributed by atoms with Crippen LogP contribution in [0.2, 0.25) is 0 Å². The van der Waals surface area contributed by atoms with Gasteiger partial charge in [0.15, 0.2) is 0 Å². The van der Waals surface area contributed by atoms with Crippen LogP contribution in [-0.2, 0) is 4.74 Å². The molecule has 66 valence electrons. The Hall–Kier alpha value is -0.0800. The van der Waals surface area contributed by atoms with Crippen molar-refractivity contribution in [3.63, 3.8) is 0 Å². The summed E-state index contributed by atoms with van der Waals surface area (Å²) in [6.45, 7) is 6.78. The maximum absolute atomic E-state index is 5.22. The van der Waals surface area contributed by atoms with Gasteiger partial charge in [0.1, 0.15) is 0 Å². The van der Waals surface area contributed by atoms with Gasteiger partial charge in [0, 0.05) is 19.7 Å². The summed E-state index contributed by atoms with van der Waals surface area (Å²) in [6.07, 6.45) is 3.10. The van der Waals surface area contributed by atoms with Gasteiger partial charge in [0.05, 0.1) is 6.10 Å². The Bertz CT molecular complexity index is 116. The van der Waals surface area contributed by atoms with E-state index in [-0.39, 0.29) is 0 Å². The average molecular weight is 157 g/mol. The second-order valence-corrected chi connectivity index (χ2v) is 3.53. The quantitative estimate of drug-likeness (QED) is 0.615. The van der Waals surface area contributed by atoms with E-state index in [0.717, 1.165) is 12.6 Å². The molecule has 1 aliphatic rings. The smallest absolute Gasteiger partial charge is 0.0670 e. The molecule has 0 radical (unpaired) electrons. The molecule has 0 aromatic heterocycles. The van der Waals surface area contributed by atoms with Crippen molar-refractivity contribution in [1.29, 1.82) is 0 Å². The minimum Gasteiger partial charge on any atom is -0.380 e. The van der Waals surface area contributed by atoms with Crippen molar-refractivity contribution in [1.82, 2.24) is 4.90 Å². The Morgan fingerprint density at radius 2 is 2.36 bits per heavy atom. The summed E-state index contributed by atoms with van der Waals surface area (Å²) in [7, 11) is 1.78. The van der Waals surface area contributed by atoms with Gasteiger partial charge in [-0.1, -0.05) is 0 Å². The van der Waals surface area contributed by atoms with E-state index in [4.69, 9.17) is 4.74 Å². The zero-order valence-corrected chi connectivity index (χ0v) is 7.84. The highest BCUT2D eigenvalue weighted by molar-refractivity contribution is 4.76. The van der Waals surface area contributed by atoms with E-state index >= 15 is 0 Å². The summed E-state index contributed by atoms with van der Waals surface area (Å²) < 4.78 is 5.22. The van der Waals surface area contributed by atoms with Crippen LogP contribution in [-0.4, -0.2) is 37.2 Å². The molecule has 2 atom stereocenters. The van der Waals surface area contributed by atoms with E-state index in [1.165, 1.54) is 19.4 Å². The van der Waals surface area contributed by atoms with Gasteiger partial charge in [-0.2, -0.15) is 0 Å². The molecule has 0 bridgehead atoms. The molecule has 2 heteroatoms. The molecule has 0 aromatic rings. The van der Waals surface area contributed by atoms with E-state index in [1.54, 1.807) is 7.11 Å². The molecule has 0 spiro atoms. The molecule has 0 aromatic carbocycles. The van der Waals surface area contributed by atoms with Gasteiger partial charge in [0.2, 0.25) is 0 Å². The van der Waals surface area contributed by atoms with Crippen LogP contribution in [0.3, 0.4) is 0 Å². The summed E-state index contributed by atoms with van der Waals surface area (Å²) in [4.78, 5) is 2.51. The van der Waals surface area contributed by atoms with Crippen molar-refractivity contribution in [3.05, 3.63) is 0 Å². The van der Waals surface area contributed by atoms with Crippen molar-refractivity contribution in [3.8, 4) is 0 Å². The number of nitrogens with zero attached hydrogens (tertiary/aromatic N) is 1. The van der Waals surface area contributed by atoms with Crippen LogP contribution in [0.5, 0.6) is 0 Å². The van der Waals surface area contributed by atoms with E-state index in [2.05, 4.69) is 18.7 Å². The molecule has 1 aliphatic heterocycles. The molecule has 1 heterocycles. The Kier molecular flexibility index (Phi) is 3.34. The minimum atomic E-state index is 0.385. The predicted molar refractivity (Wildman–Crippen MR) is 46.7 cm³/mol. The lowest BCUT2D eigenvalue weighted by Crippen LogP contribution is -2.34. The van der Waals surface area contributed by atoms with E-state index in [0.29, 0.717) is 6.10 Å². The molecule has 11 heavy (non-hydrogen) atoms. The van der Waals surface area contributed by atoms with E-state index < -0.39 is 0 Å². The fraction of sp³-hybridized carbons (Fsp3) is 1.00. The van der Waals surface area contributed by atoms with Crippen LogP contribution in [0.4, 0.5) is 0 Å². The maximum atomic E-state index is 5.22. The van der Waals surface area contributed by atoms with Crippen molar-refractivity contribution >= 4 is 0 Å². The Labute approximate surface area is 69.5 Å². The largest absolute Gasteiger partial charge is 0.380 e. The van der Waals surface area contributed by atoms with Crippen LogP contribution in [0.25, 0.3) is 0 Å². The van der Waals surface area contributed by atoms with Crippen LogP contribution >= 0.6 is 0 Å². The highest BCUT2D eigenvalue weighted by atomic mass is 16.5. The van der Waals surface area contributed by atoms with Crippen LogP contribution in [0.1, 0.15) is 26.7 Å². The Morgan fingerprint density at radius 3 is 2.82 bits per heavy atom. The SMILES string of the molecule is COC(C)CN1CCCC1C. The van der Waals surface area contributed by atoms with Crippen molar-refractivity contribution in [2.24, 2.45) is 0 Å². The highest BCUT2D eigenvalue weighted by Gasteiger charge is 2.21. The van der Waals surface area contributed by atoms with Gasteiger partial charge in [-0.15, -0.1) is 0 Å². The molecule has 0 amide bonds. The topological polar surface area (TPSA) is 12.5 Å². The van der Waals surface area contributed by atoms with Crippen molar-refractivity contribution in [2.75, 3.05) is 20.2 Å². The zero-order valence-electron chi connectivity index (χ0n) is 7.84. The number of hydrogen-bond donors (Lipinski definition) is 0. The minimum absolute atomic E-state index is 0.385. The molecule has 0 saturated carbocycles. The molecule has 1 rings (SSSR count). The summed E-state index contributed by atoms with van der Waals surface area (Å²) in [5.74, 6) is 0. The number of hydrogen-bond acceptors (Lipinski definition) is 2. The van der Waals surface area contributed by atoms with Gasteiger partial charge in [-0.25, -0.2) is 0 Å². The summed E-state index contributed by atoms with van der Waals surface area (Å²) in [5, 5.41) is 0. The molecule has 0 N–H and O–H groups in total. The fourth-order valence-electron chi connectivity index (χ4n) is 1.67. The fourth-order valence-corrected chi connectivity index (χ4v) is 1.67. The lowest BCUT2D eigenvalue weighted by Gasteiger charge is -2.23. The molecular formula is C9H19NO. The number of likely N-dealkylation sites (tertiary alicyclic amines) is 1. The zero-order chi connectivity index (χ0) is 8.27. The van der Waals surface area contributed by atoms with Crippen LogP contribution < -0.4 is 0 Å². The first-order valence-electron chi connectivity index (χ1n) is 4.51.